The smallest absolute Gasteiger partial charge is 0.226 e. The van der Waals surface area contributed by atoms with Crippen LogP contribution in [0, 0.1) is 0 Å². The number of hydrogen-bond donors (Lipinski definition) is 2. The average molecular weight is 302 g/mol. The number of nitrogens with zero attached hydrogens (tertiary/aromatic N) is 4. The van der Waals surface area contributed by atoms with Crippen molar-refractivity contribution in [3.8, 4) is 0 Å². The first-order chi connectivity index (χ1) is 10.2. The lowest BCUT2D eigenvalue weighted by Gasteiger charge is -2.01. The summed E-state index contributed by atoms with van der Waals surface area (Å²) < 4.78 is 2.67. The van der Waals surface area contributed by atoms with Crippen molar-refractivity contribution in [1.29, 1.82) is 0 Å². The molecule has 3 rings (SSSR count). The van der Waals surface area contributed by atoms with Crippen molar-refractivity contribution in [1.82, 2.24) is 19.7 Å². The Labute approximate surface area is 124 Å². The molecule has 7 nitrogen and oxygen atoms in total. The second-order valence-electron chi connectivity index (χ2n) is 4.56. The molecule has 0 aliphatic carbocycles. The molecule has 0 saturated heterocycles. The fraction of sp³-hybridized carbons (Fsp3) is 0.231. The van der Waals surface area contributed by atoms with Crippen molar-refractivity contribution in [2.24, 2.45) is 0 Å². The molecular formula is C13H14N6OS. The van der Waals surface area contributed by atoms with Gasteiger partial charge in [0.15, 0.2) is 5.13 Å². The number of aryl methyl sites for hydroxylation is 1. The molecule has 1 aromatic carbocycles. The summed E-state index contributed by atoms with van der Waals surface area (Å²) in [5.41, 5.74) is 7.26. The van der Waals surface area contributed by atoms with E-state index in [9.17, 15) is 4.79 Å². The highest BCUT2D eigenvalue weighted by Gasteiger charge is 2.08. The molecule has 0 atom stereocenters. The van der Waals surface area contributed by atoms with Crippen LogP contribution in [-0.4, -0.2) is 25.7 Å². The van der Waals surface area contributed by atoms with E-state index in [0.717, 1.165) is 10.2 Å². The fourth-order valence-electron chi connectivity index (χ4n) is 1.93. The van der Waals surface area contributed by atoms with Crippen LogP contribution in [0.25, 0.3) is 10.2 Å². The second kappa shape index (κ2) is 5.88. The SMILES string of the molecule is Nc1ccc2nc(NC(=O)CCCn3cncn3)sc2c1. The van der Waals surface area contributed by atoms with Crippen molar-refractivity contribution in [3.63, 3.8) is 0 Å². The Morgan fingerprint density at radius 3 is 3.14 bits per heavy atom. The van der Waals surface area contributed by atoms with Crippen LogP contribution in [0.5, 0.6) is 0 Å². The summed E-state index contributed by atoms with van der Waals surface area (Å²) in [4.78, 5) is 20.1. The van der Waals surface area contributed by atoms with Gasteiger partial charge in [-0.25, -0.2) is 9.97 Å². The number of carbonyl (C=O) groups excluding carboxylic acids is 1. The lowest BCUT2D eigenvalue weighted by molar-refractivity contribution is -0.116. The van der Waals surface area contributed by atoms with E-state index in [1.165, 1.54) is 17.7 Å². The van der Waals surface area contributed by atoms with Gasteiger partial charge in [0.05, 0.1) is 10.2 Å². The zero-order chi connectivity index (χ0) is 14.7. The van der Waals surface area contributed by atoms with Gasteiger partial charge in [0.2, 0.25) is 5.91 Å². The molecule has 2 aromatic heterocycles. The number of thiazole rings is 1. The van der Waals surface area contributed by atoms with Crippen LogP contribution in [0.15, 0.2) is 30.9 Å². The van der Waals surface area contributed by atoms with E-state index in [4.69, 9.17) is 5.73 Å². The number of aromatic nitrogens is 4. The number of fused-ring (bicyclic) bond motifs is 1. The average Bonchev–Trinajstić information content (AvgIpc) is 3.07. The van der Waals surface area contributed by atoms with Crippen LogP contribution in [0.3, 0.4) is 0 Å². The maximum Gasteiger partial charge on any atom is 0.226 e. The van der Waals surface area contributed by atoms with E-state index < -0.39 is 0 Å². The highest BCUT2D eigenvalue weighted by atomic mass is 32.1. The lowest BCUT2D eigenvalue weighted by atomic mass is 10.3. The van der Waals surface area contributed by atoms with Gasteiger partial charge in [-0.05, 0) is 24.6 Å². The minimum atomic E-state index is -0.0536. The molecule has 0 aliphatic heterocycles. The molecule has 0 fully saturated rings. The molecule has 108 valence electrons. The first-order valence-electron chi connectivity index (χ1n) is 6.49. The molecule has 0 saturated carbocycles. The van der Waals surface area contributed by atoms with Gasteiger partial charge in [0.1, 0.15) is 12.7 Å². The quantitative estimate of drug-likeness (QED) is 0.701. The number of nitrogen functional groups attached to an aromatic ring is 1. The molecule has 0 unspecified atom stereocenters. The van der Waals surface area contributed by atoms with Crippen molar-refractivity contribution < 1.29 is 4.79 Å². The highest BCUT2D eigenvalue weighted by molar-refractivity contribution is 7.22. The Morgan fingerprint density at radius 1 is 1.43 bits per heavy atom. The number of amides is 1. The van der Waals surface area contributed by atoms with Crippen LogP contribution in [0.2, 0.25) is 0 Å². The standard InChI is InChI=1S/C13H14N6OS/c14-9-3-4-10-11(6-9)21-13(17-10)18-12(20)2-1-5-19-8-15-7-16-19/h3-4,6-8H,1-2,5,14H2,(H,17,18,20). The monoisotopic (exact) mass is 302 g/mol. The van der Waals surface area contributed by atoms with E-state index in [1.54, 1.807) is 17.1 Å². The first-order valence-corrected chi connectivity index (χ1v) is 7.31. The summed E-state index contributed by atoms with van der Waals surface area (Å²) in [6.45, 7) is 0.670. The van der Waals surface area contributed by atoms with Gasteiger partial charge in [0.25, 0.3) is 0 Å². The third kappa shape index (κ3) is 3.34. The zero-order valence-corrected chi connectivity index (χ0v) is 12.0. The van der Waals surface area contributed by atoms with E-state index in [-0.39, 0.29) is 5.91 Å². The van der Waals surface area contributed by atoms with Crippen LogP contribution in [0.1, 0.15) is 12.8 Å². The molecular weight excluding hydrogens is 288 g/mol. The summed E-state index contributed by atoms with van der Waals surface area (Å²) in [6, 6.07) is 5.50. The van der Waals surface area contributed by atoms with Gasteiger partial charge in [0, 0.05) is 18.7 Å². The van der Waals surface area contributed by atoms with Crippen LogP contribution < -0.4 is 11.1 Å². The molecule has 1 amide bonds. The van der Waals surface area contributed by atoms with Gasteiger partial charge in [-0.15, -0.1) is 0 Å². The Kier molecular flexibility index (Phi) is 3.78. The number of nitrogens with two attached hydrogens (primary N) is 1. The lowest BCUT2D eigenvalue weighted by Crippen LogP contribution is -2.12. The van der Waals surface area contributed by atoms with Gasteiger partial charge in [-0.1, -0.05) is 11.3 Å². The number of benzene rings is 1. The zero-order valence-electron chi connectivity index (χ0n) is 11.2. The van der Waals surface area contributed by atoms with Crippen molar-refractivity contribution in [2.45, 2.75) is 19.4 Å². The topological polar surface area (TPSA) is 98.7 Å². The number of carbonyl (C=O) groups is 1. The molecule has 0 bridgehead atoms. The van der Waals surface area contributed by atoms with Crippen LogP contribution in [-0.2, 0) is 11.3 Å². The molecule has 21 heavy (non-hydrogen) atoms. The number of hydrogen-bond acceptors (Lipinski definition) is 6. The fourth-order valence-corrected chi connectivity index (χ4v) is 2.86. The summed E-state index contributed by atoms with van der Waals surface area (Å²) >= 11 is 1.42. The molecule has 0 radical (unpaired) electrons. The number of nitrogens with one attached hydrogen (secondary N) is 1. The van der Waals surface area contributed by atoms with Crippen molar-refractivity contribution >= 4 is 38.3 Å². The summed E-state index contributed by atoms with van der Waals surface area (Å²) in [5, 5.41) is 7.40. The maximum absolute atomic E-state index is 11.9. The van der Waals surface area contributed by atoms with Gasteiger partial charge >= 0.3 is 0 Å². The van der Waals surface area contributed by atoms with Crippen LogP contribution in [0.4, 0.5) is 10.8 Å². The van der Waals surface area contributed by atoms with Gasteiger partial charge in [-0.3, -0.25) is 9.48 Å². The predicted molar refractivity (Wildman–Crippen MR) is 81.9 cm³/mol. The van der Waals surface area contributed by atoms with E-state index in [0.29, 0.717) is 30.2 Å². The summed E-state index contributed by atoms with van der Waals surface area (Å²) in [6.07, 6.45) is 4.23. The maximum atomic E-state index is 11.9. The van der Waals surface area contributed by atoms with Crippen molar-refractivity contribution in [2.75, 3.05) is 11.1 Å². The Balaban J connectivity index is 1.55. The number of rotatable bonds is 5. The predicted octanol–water partition coefficient (Wildman–Crippen LogP) is 1.89. The van der Waals surface area contributed by atoms with E-state index >= 15 is 0 Å². The van der Waals surface area contributed by atoms with Gasteiger partial charge < -0.3 is 11.1 Å². The normalized spacial score (nSPS) is 10.9. The molecule has 8 heteroatoms. The number of anilines is 2. The second-order valence-corrected chi connectivity index (χ2v) is 5.59. The van der Waals surface area contributed by atoms with Gasteiger partial charge in [-0.2, -0.15) is 5.10 Å². The van der Waals surface area contributed by atoms with E-state index in [2.05, 4.69) is 20.4 Å². The van der Waals surface area contributed by atoms with E-state index in [1.807, 2.05) is 12.1 Å². The molecule has 2 heterocycles. The minimum absolute atomic E-state index is 0.0536. The third-order valence-corrected chi connectivity index (χ3v) is 3.85. The Hall–Kier alpha value is -2.48. The summed E-state index contributed by atoms with van der Waals surface area (Å²) in [7, 11) is 0. The van der Waals surface area contributed by atoms with Crippen LogP contribution >= 0.6 is 11.3 Å². The first kappa shape index (κ1) is 13.5. The minimum Gasteiger partial charge on any atom is -0.399 e. The summed E-state index contributed by atoms with van der Waals surface area (Å²) in [5.74, 6) is -0.0536. The van der Waals surface area contributed by atoms with Crippen molar-refractivity contribution in [3.05, 3.63) is 30.9 Å². The Morgan fingerprint density at radius 2 is 2.33 bits per heavy atom. The highest BCUT2D eigenvalue weighted by Crippen LogP contribution is 2.27. The molecule has 3 aromatic rings. The molecule has 0 aliphatic rings. The largest absolute Gasteiger partial charge is 0.399 e. The third-order valence-electron chi connectivity index (χ3n) is 2.92. The Bertz CT molecular complexity index is 751. The molecule has 0 spiro atoms. The molecule has 3 N–H and O–H groups in total.